The number of hydrogen-bond donors (Lipinski definition) is 8. The molecule has 56 heavy (non-hydrogen) atoms. The zero-order valence-corrected chi connectivity index (χ0v) is 35.6. The molecule has 1 saturated heterocycles. The number of aliphatic hydroxyl groups excluding tert-OH is 7. The quantitative estimate of drug-likeness (QED) is 0.0233. The topological polar surface area (TPSA) is 189 Å². The minimum absolute atomic E-state index is 0.255. The Labute approximate surface area is 341 Å². The Kier molecular flexibility index (Phi) is 33.8. The predicted molar refractivity (Wildman–Crippen MR) is 224 cm³/mol. The molecule has 1 rings (SSSR count). The molecule has 1 aliphatic heterocycles. The SMILES string of the molecule is CCCCCCCCCCC/C=C\CCCCCCCCC(O)C(=O)NC(COC1OC(CO)C(O)C(O)C1O)C(O)C(O)CCCCCCCCCCCC. The summed E-state index contributed by atoms with van der Waals surface area (Å²) in [5.41, 5.74) is 0. The van der Waals surface area contributed by atoms with E-state index in [1.54, 1.807) is 0 Å². The average molecular weight is 802 g/mol. The lowest BCUT2D eigenvalue weighted by atomic mass is 9.98. The lowest BCUT2D eigenvalue weighted by Crippen LogP contribution is -2.60. The van der Waals surface area contributed by atoms with Crippen molar-refractivity contribution < 1.29 is 50.0 Å². The molecular weight excluding hydrogens is 714 g/mol. The van der Waals surface area contributed by atoms with Gasteiger partial charge in [0.05, 0.1) is 25.4 Å². The van der Waals surface area contributed by atoms with Crippen LogP contribution in [0.25, 0.3) is 0 Å². The molecule has 1 amide bonds. The van der Waals surface area contributed by atoms with Crippen LogP contribution < -0.4 is 5.32 Å². The molecule has 9 unspecified atom stereocenters. The fourth-order valence-corrected chi connectivity index (χ4v) is 7.43. The van der Waals surface area contributed by atoms with Gasteiger partial charge in [-0.15, -0.1) is 0 Å². The number of carbonyl (C=O) groups is 1. The second-order valence-electron chi connectivity index (χ2n) is 16.5. The number of rotatable bonds is 38. The van der Waals surface area contributed by atoms with E-state index in [1.165, 1.54) is 109 Å². The molecule has 332 valence electrons. The third-order valence-corrected chi connectivity index (χ3v) is 11.3. The van der Waals surface area contributed by atoms with Gasteiger partial charge in [-0.25, -0.2) is 0 Å². The maximum atomic E-state index is 13.1. The van der Waals surface area contributed by atoms with Crippen LogP contribution in [0.4, 0.5) is 0 Å². The Morgan fingerprint density at radius 2 is 1.04 bits per heavy atom. The number of carbonyl (C=O) groups excluding carboxylic acids is 1. The van der Waals surface area contributed by atoms with E-state index in [0.29, 0.717) is 19.3 Å². The summed E-state index contributed by atoms with van der Waals surface area (Å²) in [7, 11) is 0. The molecule has 0 aromatic heterocycles. The largest absolute Gasteiger partial charge is 0.394 e. The molecule has 8 N–H and O–H groups in total. The van der Waals surface area contributed by atoms with Crippen LogP contribution in [0.1, 0.15) is 200 Å². The van der Waals surface area contributed by atoms with Gasteiger partial charge in [0.2, 0.25) is 5.91 Å². The highest BCUT2D eigenvalue weighted by atomic mass is 16.7. The van der Waals surface area contributed by atoms with Crippen LogP contribution in [0.2, 0.25) is 0 Å². The zero-order chi connectivity index (χ0) is 41.2. The van der Waals surface area contributed by atoms with Gasteiger partial charge in [-0.1, -0.05) is 174 Å². The standard InChI is InChI=1S/C45H87NO10/c1-3-5-7-9-11-13-15-16-17-18-19-20-21-22-23-25-27-29-31-33-38(49)44(54)46-36(35-55-45-43(53)42(52)41(51)39(34-47)56-45)40(50)37(48)32-30-28-26-24-14-12-10-8-6-4-2/h19-20,36-43,45,47-53H,3-18,21-35H2,1-2H3,(H,46,54)/b20-19-. The summed E-state index contributed by atoms with van der Waals surface area (Å²) in [6, 6.07) is -1.17. The van der Waals surface area contributed by atoms with Crippen molar-refractivity contribution in [2.45, 2.75) is 255 Å². The van der Waals surface area contributed by atoms with Crippen molar-refractivity contribution in [2.75, 3.05) is 13.2 Å². The first-order valence-electron chi connectivity index (χ1n) is 23.1. The highest BCUT2D eigenvalue weighted by Crippen LogP contribution is 2.23. The van der Waals surface area contributed by atoms with E-state index in [-0.39, 0.29) is 6.42 Å². The first kappa shape index (κ1) is 52.9. The van der Waals surface area contributed by atoms with Gasteiger partial charge in [0.1, 0.15) is 36.6 Å². The van der Waals surface area contributed by atoms with Gasteiger partial charge in [-0.3, -0.25) is 4.79 Å². The van der Waals surface area contributed by atoms with Crippen LogP contribution in [0.3, 0.4) is 0 Å². The molecule has 11 nitrogen and oxygen atoms in total. The van der Waals surface area contributed by atoms with Crippen molar-refractivity contribution in [3.8, 4) is 0 Å². The molecule has 0 radical (unpaired) electrons. The molecule has 0 saturated carbocycles. The smallest absolute Gasteiger partial charge is 0.249 e. The molecule has 0 aromatic rings. The fourth-order valence-electron chi connectivity index (χ4n) is 7.43. The maximum Gasteiger partial charge on any atom is 0.249 e. The highest BCUT2D eigenvalue weighted by molar-refractivity contribution is 5.80. The average Bonchev–Trinajstić information content (AvgIpc) is 3.20. The van der Waals surface area contributed by atoms with E-state index < -0.39 is 74.2 Å². The summed E-state index contributed by atoms with van der Waals surface area (Å²) in [4.78, 5) is 13.1. The Morgan fingerprint density at radius 3 is 1.50 bits per heavy atom. The molecule has 1 heterocycles. The van der Waals surface area contributed by atoms with Crippen molar-refractivity contribution in [2.24, 2.45) is 0 Å². The van der Waals surface area contributed by atoms with E-state index in [1.807, 2.05) is 0 Å². The fraction of sp³-hybridized carbons (Fsp3) is 0.933. The van der Waals surface area contributed by atoms with Gasteiger partial charge in [-0.05, 0) is 38.5 Å². The highest BCUT2D eigenvalue weighted by Gasteiger charge is 2.44. The van der Waals surface area contributed by atoms with E-state index in [0.717, 1.165) is 51.4 Å². The van der Waals surface area contributed by atoms with Crippen LogP contribution in [0, 0.1) is 0 Å². The van der Waals surface area contributed by atoms with Crippen molar-refractivity contribution in [3.05, 3.63) is 12.2 Å². The maximum absolute atomic E-state index is 13.1. The van der Waals surface area contributed by atoms with Gasteiger partial charge in [0.15, 0.2) is 6.29 Å². The van der Waals surface area contributed by atoms with E-state index in [9.17, 15) is 40.5 Å². The molecule has 0 bridgehead atoms. The predicted octanol–water partition coefficient (Wildman–Crippen LogP) is 7.28. The van der Waals surface area contributed by atoms with Crippen LogP contribution in [-0.2, 0) is 14.3 Å². The van der Waals surface area contributed by atoms with E-state index >= 15 is 0 Å². The van der Waals surface area contributed by atoms with Crippen LogP contribution >= 0.6 is 0 Å². The van der Waals surface area contributed by atoms with Gasteiger partial charge >= 0.3 is 0 Å². The Morgan fingerprint density at radius 1 is 0.607 bits per heavy atom. The minimum atomic E-state index is -1.66. The van der Waals surface area contributed by atoms with Crippen molar-refractivity contribution in [1.29, 1.82) is 0 Å². The number of ether oxygens (including phenoxy) is 2. The molecule has 0 aromatic carbocycles. The molecule has 0 aliphatic carbocycles. The summed E-state index contributed by atoms with van der Waals surface area (Å²) in [6.45, 7) is 3.41. The number of hydrogen-bond acceptors (Lipinski definition) is 10. The van der Waals surface area contributed by atoms with Gasteiger partial charge in [0, 0.05) is 0 Å². The third kappa shape index (κ3) is 25.4. The van der Waals surface area contributed by atoms with Gasteiger partial charge in [0.25, 0.3) is 0 Å². The Balaban J connectivity index is 2.42. The number of nitrogens with one attached hydrogen (secondary N) is 1. The minimum Gasteiger partial charge on any atom is -0.394 e. The summed E-state index contributed by atoms with van der Waals surface area (Å²) in [6.07, 6.45) is 25.5. The monoisotopic (exact) mass is 802 g/mol. The van der Waals surface area contributed by atoms with Crippen LogP contribution in [0.15, 0.2) is 12.2 Å². The van der Waals surface area contributed by atoms with Gasteiger partial charge < -0.3 is 50.5 Å². The summed E-state index contributed by atoms with van der Waals surface area (Å²) in [5, 5.41) is 75.5. The molecule has 1 aliphatic rings. The second-order valence-corrected chi connectivity index (χ2v) is 16.5. The second kappa shape index (κ2) is 35.8. The summed E-state index contributed by atoms with van der Waals surface area (Å²) >= 11 is 0. The van der Waals surface area contributed by atoms with E-state index in [2.05, 4.69) is 31.3 Å². The van der Waals surface area contributed by atoms with Crippen molar-refractivity contribution >= 4 is 5.91 Å². The van der Waals surface area contributed by atoms with Crippen molar-refractivity contribution in [3.63, 3.8) is 0 Å². The Bertz CT molecular complexity index is 923. The molecule has 0 spiro atoms. The summed E-state index contributed by atoms with van der Waals surface area (Å²) < 4.78 is 11.1. The van der Waals surface area contributed by atoms with Gasteiger partial charge in [-0.2, -0.15) is 0 Å². The third-order valence-electron chi connectivity index (χ3n) is 11.3. The molecule has 11 heteroatoms. The van der Waals surface area contributed by atoms with Crippen LogP contribution in [0.5, 0.6) is 0 Å². The van der Waals surface area contributed by atoms with Crippen molar-refractivity contribution in [1.82, 2.24) is 5.32 Å². The first-order chi connectivity index (χ1) is 27.2. The van der Waals surface area contributed by atoms with Crippen LogP contribution in [-0.4, -0.2) is 110 Å². The lowest BCUT2D eigenvalue weighted by molar-refractivity contribution is -0.303. The number of amides is 1. The lowest BCUT2D eigenvalue weighted by Gasteiger charge is -2.40. The molecular formula is C45H87NO10. The molecule has 9 atom stereocenters. The first-order valence-corrected chi connectivity index (χ1v) is 23.1. The zero-order valence-electron chi connectivity index (χ0n) is 35.6. The number of allylic oxidation sites excluding steroid dienone is 2. The number of unbranched alkanes of at least 4 members (excludes halogenated alkanes) is 24. The number of aliphatic hydroxyl groups is 7. The normalized spacial score (nSPS) is 22.3. The molecule has 1 fully saturated rings. The summed E-state index contributed by atoms with van der Waals surface area (Å²) in [5.74, 6) is -0.702. The Hall–Kier alpha value is -1.15. The van der Waals surface area contributed by atoms with E-state index in [4.69, 9.17) is 9.47 Å².